The van der Waals surface area contributed by atoms with E-state index in [-0.39, 0.29) is 42.5 Å². The molecule has 6 heteroatoms. The minimum Gasteiger partial charge on any atom is -0.330 e. The van der Waals surface area contributed by atoms with Gasteiger partial charge in [0.05, 0.1) is 11.9 Å². The molecule has 0 aliphatic rings. The summed E-state index contributed by atoms with van der Waals surface area (Å²) >= 11 is 5.31. The van der Waals surface area contributed by atoms with Crippen LogP contribution in [0.25, 0.3) is 0 Å². The Labute approximate surface area is 96.4 Å². The average molecular weight is 252 g/mol. The lowest BCUT2D eigenvalue weighted by atomic mass is 10.1. The molecule has 0 spiro atoms. The first-order chi connectivity index (χ1) is 5.22. The predicted molar refractivity (Wildman–Crippen MR) is 61.1 cm³/mol. The Balaban J connectivity index is -0.000000500. The van der Waals surface area contributed by atoms with Crippen molar-refractivity contribution < 1.29 is 4.79 Å². The summed E-state index contributed by atoms with van der Waals surface area (Å²) in [5.41, 5.74) is 10.8. The lowest BCUT2D eigenvalue weighted by Gasteiger charge is -2.06. The van der Waals surface area contributed by atoms with Crippen LogP contribution in [0.4, 0.5) is 0 Å². The molecule has 0 radical (unpaired) electrons. The van der Waals surface area contributed by atoms with Crippen molar-refractivity contribution in [3.63, 3.8) is 0 Å². The number of halogens is 3. The fourth-order valence-corrected chi connectivity index (χ4v) is 0.967. The number of rotatable bonds is 6. The number of hydrogen-bond donors (Lipinski definition) is 2. The highest BCUT2D eigenvalue weighted by Crippen LogP contribution is 1.99. The van der Waals surface area contributed by atoms with Gasteiger partial charge >= 0.3 is 0 Å². The third-order valence-electron chi connectivity index (χ3n) is 1.51. The first-order valence-corrected chi connectivity index (χ1v) is 4.30. The van der Waals surface area contributed by atoms with E-state index >= 15 is 0 Å². The zero-order valence-electron chi connectivity index (χ0n) is 7.37. The van der Waals surface area contributed by atoms with E-state index in [1.54, 1.807) is 0 Å². The number of hydrogen-bond acceptors (Lipinski definition) is 3. The van der Waals surface area contributed by atoms with Crippen LogP contribution < -0.4 is 11.5 Å². The quantitative estimate of drug-likeness (QED) is 0.548. The Morgan fingerprint density at radius 1 is 1.31 bits per heavy atom. The Morgan fingerprint density at radius 3 is 2.23 bits per heavy atom. The normalized spacial score (nSPS) is 11.0. The summed E-state index contributed by atoms with van der Waals surface area (Å²) in [5.74, 6) is -0.0623. The van der Waals surface area contributed by atoms with Crippen LogP contribution in [0, 0.1) is 0 Å². The fraction of sp³-hybridized carbons (Fsp3) is 0.857. The van der Waals surface area contributed by atoms with Crippen molar-refractivity contribution in [2.24, 2.45) is 11.5 Å². The number of alkyl halides is 1. The maximum absolute atomic E-state index is 10.8. The summed E-state index contributed by atoms with van der Waals surface area (Å²) in [7, 11) is 0. The SMILES string of the molecule is Cl.Cl.NCCCCC(N)C(=O)CCl. The van der Waals surface area contributed by atoms with E-state index in [0.717, 1.165) is 12.8 Å². The third kappa shape index (κ3) is 10.4. The van der Waals surface area contributed by atoms with Crippen molar-refractivity contribution in [3.05, 3.63) is 0 Å². The second kappa shape index (κ2) is 12.5. The smallest absolute Gasteiger partial charge is 0.164 e. The van der Waals surface area contributed by atoms with E-state index in [1.807, 2.05) is 0 Å². The molecule has 1 unspecified atom stereocenters. The molecule has 0 bridgehead atoms. The van der Waals surface area contributed by atoms with E-state index < -0.39 is 0 Å². The molecule has 1 atom stereocenters. The van der Waals surface area contributed by atoms with E-state index in [2.05, 4.69) is 0 Å². The highest BCUT2D eigenvalue weighted by molar-refractivity contribution is 6.28. The zero-order chi connectivity index (χ0) is 8.69. The number of Topliss-reactive ketones (excluding diaryl/α,β-unsaturated/α-hetero) is 1. The molecule has 3 nitrogen and oxygen atoms in total. The Morgan fingerprint density at radius 2 is 1.85 bits per heavy atom. The van der Waals surface area contributed by atoms with Crippen LogP contribution >= 0.6 is 36.4 Å². The summed E-state index contributed by atoms with van der Waals surface area (Å²) in [6.07, 6.45) is 2.52. The number of ketones is 1. The van der Waals surface area contributed by atoms with Gasteiger partial charge in [-0.1, -0.05) is 6.42 Å². The largest absolute Gasteiger partial charge is 0.330 e. The molecule has 13 heavy (non-hydrogen) atoms. The molecule has 0 aromatic carbocycles. The van der Waals surface area contributed by atoms with Crippen LogP contribution in [0.5, 0.6) is 0 Å². The van der Waals surface area contributed by atoms with Gasteiger partial charge in [0, 0.05) is 0 Å². The van der Waals surface area contributed by atoms with E-state index in [0.29, 0.717) is 13.0 Å². The Hall–Kier alpha value is 0.460. The molecule has 0 amide bonds. The lowest BCUT2D eigenvalue weighted by molar-refractivity contribution is -0.118. The Kier molecular flexibility index (Phi) is 18.3. The minimum atomic E-state index is -0.390. The van der Waals surface area contributed by atoms with Gasteiger partial charge in [0.1, 0.15) is 0 Å². The van der Waals surface area contributed by atoms with Crippen LogP contribution in [0.3, 0.4) is 0 Å². The van der Waals surface area contributed by atoms with Crippen molar-refractivity contribution in [1.82, 2.24) is 0 Å². The number of carbonyl (C=O) groups excluding carboxylic acids is 1. The van der Waals surface area contributed by atoms with Crippen LogP contribution in [0.2, 0.25) is 0 Å². The highest BCUT2D eigenvalue weighted by Gasteiger charge is 2.10. The van der Waals surface area contributed by atoms with E-state index in [9.17, 15) is 4.79 Å². The first kappa shape index (κ1) is 19.1. The maximum Gasteiger partial charge on any atom is 0.164 e. The molecule has 0 aromatic heterocycles. The summed E-state index contributed by atoms with van der Waals surface area (Å²) < 4.78 is 0. The summed E-state index contributed by atoms with van der Waals surface area (Å²) in [4.78, 5) is 10.8. The minimum absolute atomic E-state index is 0. The molecule has 0 rings (SSSR count). The second-order valence-electron chi connectivity index (χ2n) is 2.49. The van der Waals surface area contributed by atoms with Crippen LogP contribution in [-0.2, 0) is 4.79 Å². The van der Waals surface area contributed by atoms with Crippen LogP contribution in [0.1, 0.15) is 19.3 Å². The van der Waals surface area contributed by atoms with Crippen LogP contribution in [0.15, 0.2) is 0 Å². The number of unbranched alkanes of at least 4 members (excludes halogenated alkanes) is 1. The fourth-order valence-electron chi connectivity index (χ4n) is 0.769. The van der Waals surface area contributed by atoms with Crippen molar-refractivity contribution in [2.45, 2.75) is 25.3 Å². The molecule has 0 aliphatic heterocycles. The molecule has 82 valence electrons. The van der Waals surface area contributed by atoms with Gasteiger partial charge in [-0.05, 0) is 19.4 Å². The van der Waals surface area contributed by atoms with Crippen molar-refractivity contribution in [3.8, 4) is 0 Å². The molecular formula is C7H17Cl3N2O. The molecule has 0 saturated heterocycles. The highest BCUT2D eigenvalue weighted by atomic mass is 35.5. The van der Waals surface area contributed by atoms with Gasteiger partial charge in [-0.3, -0.25) is 4.79 Å². The topological polar surface area (TPSA) is 69.1 Å². The van der Waals surface area contributed by atoms with Crippen molar-refractivity contribution in [1.29, 1.82) is 0 Å². The van der Waals surface area contributed by atoms with Gasteiger partial charge in [0.2, 0.25) is 0 Å². The van der Waals surface area contributed by atoms with Gasteiger partial charge in [-0.2, -0.15) is 0 Å². The zero-order valence-corrected chi connectivity index (χ0v) is 9.76. The molecular weight excluding hydrogens is 234 g/mol. The third-order valence-corrected chi connectivity index (χ3v) is 1.78. The van der Waals surface area contributed by atoms with Crippen molar-refractivity contribution >= 4 is 42.2 Å². The monoisotopic (exact) mass is 250 g/mol. The van der Waals surface area contributed by atoms with Gasteiger partial charge in [0.25, 0.3) is 0 Å². The van der Waals surface area contributed by atoms with Gasteiger partial charge in [-0.25, -0.2) is 0 Å². The molecule has 0 aliphatic carbocycles. The molecule has 0 fully saturated rings. The summed E-state index contributed by atoms with van der Waals surface area (Å²) in [6.45, 7) is 0.655. The molecule has 0 heterocycles. The van der Waals surface area contributed by atoms with Crippen molar-refractivity contribution in [2.75, 3.05) is 12.4 Å². The second-order valence-corrected chi connectivity index (χ2v) is 2.76. The van der Waals surface area contributed by atoms with E-state index in [1.165, 1.54) is 0 Å². The van der Waals surface area contributed by atoms with Crippen LogP contribution in [-0.4, -0.2) is 24.2 Å². The average Bonchev–Trinajstić information content (AvgIpc) is 2.03. The molecule has 4 N–H and O–H groups in total. The summed E-state index contributed by atoms with van der Waals surface area (Å²) in [5, 5.41) is 0. The first-order valence-electron chi connectivity index (χ1n) is 3.76. The number of nitrogens with two attached hydrogens (primary N) is 2. The number of carbonyl (C=O) groups is 1. The van der Waals surface area contributed by atoms with E-state index in [4.69, 9.17) is 23.1 Å². The standard InChI is InChI=1S/C7H15ClN2O.2ClH/c8-5-7(11)6(10)3-1-2-4-9;;/h6H,1-5,9-10H2;2*1H. The molecule has 0 aromatic rings. The van der Waals surface area contributed by atoms with Gasteiger partial charge < -0.3 is 11.5 Å². The summed E-state index contributed by atoms with van der Waals surface area (Å²) in [6, 6.07) is -0.390. The van der Waals surface area contributed by atoms with Gasteiger partial charge in [-0.15, -0.1) is 36.4 Å². The maximum atomic E-state index is 10.8. The molecule has 0 saturated carbocycles. The predicted octanol–water partition coefficient (Wildman–Crippen LogP) is 1.09. The Bertz CT molecular complexity index is 124. The lowest BCUT2D eigenvalue weighted by Crippen LogP contribution is -2.31. The van der Waals surface area contributed by atoms with Gasteiger partial charge in [0.15, 0.2) is 5.78 Å².